The van der Waals surface area contributed by atoms with Crippen LogP contribution >= 0.6 is 15.9 Å². The molecule has 1 aromatic carbocycles. The fraction of sp³-hybridized carbons (Fsp3) is 0.500. The SMILES string of the molecule is CC(C)(C)OC(=O)NC1=NC(CF)(c2cc(Br)ccc2F)COC1. The van der Waals surface area contributed by atoms with E-state index in [0.717, 1.165) is 0 Å². The van der Waals surface area contributed by atoms with Gasteiger partial charge < -0.3 is 9.47 Å². The zero-order valence-electron chi connectivity index (χ0n) is 13.7. The molecule has 1 heterocycles. The summed E-state index contributed by atoms with van der Waals surface area (Å²) in [6, 6.07) is 4.19. The maximum atomic E-state index is 14.2. The van der Waals surface area contributed by atoms with Gasteiger partial charge in [0.2, 0.25) is 0 Å². The Morgan fingerprint density at radius 2 is 2.21 bits per heavy atom. The normalized spacial score (nSPS) is 21.2. The molecule has 1 aliphatic rings. The Labute approximate surface area is 147 Å². The molecule has 0 aliphatic carbocycles. The van der Waals surface area contributed by atoms with Gasteiger partial charge in [-0.15, -0.1) is 0 Å². The number of hydrogen-bond donors (Lipinski definition) is 1. The Kier molecular flexibility index (Phi) is 5.59. The number of carbonyl (C=O) groups excluding carboxylic acids is 1. The van der Waals surface area contributed by atoms with Crippen LogP contribution in [-0.4, -0.2) is 37.4 Å². The summed E-state index contributed by atoms with van der Waals surface area (Å²) >= 11 is 3.24. The minimum Gasteiger partial charge on any atom is -0.444 e. The second-order valence-corrected chi connectivity index (χ2v) is 7.38. The van der Waals surface area contributed by atoms with Crippen LogP contribution in [0.2, 0.25) is 0 Å². The van der Waals surface area contributed by atoms with E-state index in [1.54, 1.807) is 20.8 Å². The van der Waals surface area contributed by atoms with Crippen LogP contribution in [0.5, 0.6) is 0 Å². The molecule has 0 radical (unpaired) electrons. The van der Waals surface area contributed by atoms with Crippen LogP contribution in [0.15, 0.2) is 27.7 Å². The van der Waals surface area contributed by atoms with Gasteiger partial charge in [0.1, 0.15) is 36.1 Å². The number of carbonyl (C=O) groups is 1. The van der Waals surface area contributed by atoms with Gasteiger partial charge in [-0.1, -0.05) is 15.9 Å². The molecule has 132 valence electrons. The smallest absolute Gasteiger partial charge is 0.413 e. The van der Waals surface area contributed by atoms with Crippen molar-refractivity contribution in [3.05, 3.63) is 34.1 Å². The summed E-state index contributed by atoms with van der Waals surface area (Å²) in [6.45, 7) is 4.03. The molecule has 1 aliphatic heterocycles. The van der Waals surface area contributed by atoms with E-state index in [1.807, 2.05) is 0 Å². The number of halogens is 3. The predicted molar refractivity (Wildman–Crippen MR) is 89.4 cm³/mol. The third-order valence-electron chi connectivity index (χ3n) is 3.22. The number of alkyl halides is 1. The van der Waals surface area contributed by atoms with Crippen LogP contribution in [0, 0.1) is 5.82 Å². The van der Waals surface area contributed by atoms with E-state index in [0.29, 0.717) is 4.47 Å². The van der Waals surface area contributed by atoms with Crippen molar-refractivity contribution in [3.63, 3.8) is 0 Å². The first-order valence-electron chi connectivity index (χ1n) is 7.33. The van der Waals surface area contributed by atoms with E-state index >= 15 is 0 Å². The molecule has 1 aromatic rings. The summed E-state index contributed by atoms with van der Waals surface area (Å²) in [5.74, 6) is -0.505. The maximum Gasteiger partial charge on any atom is 0.413 e. The fourth-order valence-electron chi connectivity index (χ4n) is 2.26. The highest BCUT2D eigenvalue weighted by atomic mass is 79.9. The second kappa shape index (κ2) is 7.14. The number of nitrogens with zero attached hydrogens (tertiary/aromatic N) is 1. The van der Waals surface area contributed by atoms with Crippen molar-refractivity contribution in [1.82, 2.24) is 5.32 Å². The summed E-state index contributed by atoms with van der Waals surface area (Å²) in [6.07, 6.45) is -0.728. The van der Waals surface area contributed by atoms with E-state index in [2.05, 4.69) is 26.2 Å². The number of rotatable bonds is 2. The summed E-state index contributed by atoms with van der Waals surface area (Å²) < 4.78 is 39.0. The average Bonchev–Trinajstić information content (AvgIpc) is 2.47. The first kappa shape index (κ1) is 18.8. The lowest BCUT2D eigenvalue weighted by atomic mass is 9.91. The van der Waals surface area contributed by atoms with Crippen molar-refractivity contribution in [2.75, 3.05) is 19.9 Å². The Morgan fingerprint density at radius 1 is 1.50 bits per heavy atom. The molecule has 0 spiro atoms. The molecule has 0 fully saturated rings. The molecule has 0 saturated heterocycles. The average molecular weight is 405 g/mol. The Morgan fingerprint density at radius 3 is 2.83 bits per heavy atom. The van der Waals surface area contributed by atoms with Crippen molar-refractivity contribution in [2.24, 2.45) is 4.99 Å². The highest BCUT2D eigenvalue weighted by Gasteiger charge is 2.39. The summed E-state index contributed by atoms with van der Waals surface area (Å²) in [5, 5.41) is 2.43. The Balaban J connectivity index is 2.30. The first-order chi connectivity index (χ1) is 11.1. The largest absolute Gasteiger partial charge is 0.444 e. The third kappa shape index (κ3) is 4.51. The second-order valence-electron chi connectivity index (χ2n) is 6.47. The molecule has 8 heteroatoms. The summed E-state index contributed by atoms with van der Waals surface area (Å²) in [7, 11) is 0. The number of benzene rings is 1. The van der Waals surface area contributed by atoms with Crippen molar-refractivity contribution in [3.8, 4) is 0 Å². The highest BCUT2D eigenvalue weighted by Crippen LogP contribution is 2.33. The molecule has 1 atom stereocenters. The summed E-state index contributed by atoms with van der Waals surface area (Å²) in [4.78, 5) is 16.1. The predicted octanol–water partition coefficient (Wildman–Crippen LogP) is 3.71. The highest BCUT2D eigenvalue weighted by molar-refractivity contribution is 9.10. The van der Waals surface area contributed by atoms with Crippen LogP contribution in [0.4, 0.5) is 13.6 Å². The quantitative estimate of drug-likeness (QED) is 0.817. The number of ether oxygens (including phenoxy) is 2. The molecule has 1 amide bonds. The molecule has 1 unspecified atom stereocenters. The van der Waals surface area contributed by atoms with Gasteiger partial charge in [0.25, 0.3) is 0 Å². The van der Waals surface area contributed by atoms with Gasteiger partial charge in [-0.05, 0) is 39.0 Å². The molecule has 0 aromatic heterocycles. The van der Waals surface area contributed by atoms with Crippen LogP contribution in [-0.2, 0) is 15.0 Å². The van der Waals surface area contributed by atoms with Gasteiger partial charge in [-0.25, -0.2) is 13.6 Å². The number of nitrogens with one attached hydrogen (secondary N) is 1. The number of hydrogen-bond acceptors (Lipinski definition) is 4. The van der Waals surface area contributed by atoms with Gasteiger partial charge in [-0.3, -0.25) is 10.3 Å². The lowest BCUT2D eigenvalue weighted by molar-refractivity contribution is 0.0528. The number of amides is 1. The minimum atomic E-state index is -1.55. The first-order valence-corrected chi connectivity index (χ1v) is 8.12. The molecule has 0 saturated carbocycles. The minimum absolute atomic E-state index is 0.0172. The topological polar surface area (TPSA) is 59.9 Å². The Hall–Kier alpha value is -1.54. The maximum absolute atomic E-state index is 14.2. The zero-order chi connectivity index (χ0) is 18.0. The number of amidine groups is 1. The van der Waals surface area contributed by atoms with Crippen LogP contribution in [0.3, 0.4) is 0 Å². The molecule has 24 heavy (non-hydrogen) atoms. The van der Waals surface area contributed by atoms with Gasteiger partial charge in [-0.2, -0.15) is 0 Å². The molecule has 2 rings (SSSR count). The van der Waals surface area contributed by atoms with Crippen LogP contribution in [0.25, 0.3) is 0 Å². The van der Waals surface area contributed by atoms with Gasteiger partial charge in [0.15, 0.2) is 0 Å². The van der Waals surface area contributed by atoms with Crippen molar-refractivity contribution in [1.29, 1.82) is 0 Å². The van der Waals surface area contributed by atoms with Crippen molar-refractivity contribution in [2.45, 2.75) is 31.9 Å². The van der Waals surface area contributed by atoms with Crippen LogP contribution in [0.1, 0.15) is 26.3 Å². The van der Waals surface area contributed by atoms with Crippen LogP contribution < -0.4 is 5.32 Å². The van der Waals surface area contributed by atoms with Gasteiger partial charge in [0.05, 0.1) is 6.61 Å². The van der Waals surface area contributed by atoms with E-state index < -0.39 is 29.7 Å². The lowest BCUT2D eigenvalue weighted by Crippen LogP contribution is -2.46. The number of alkyl carbamates (subject to hydrolysis) is 1. The lowest BCUT2D eigenvalue weighted by Gasteiger charge is -2.32. The van der Waals surface area contributed by atoms with Crippen molar-refractivity contribution < 1.29 is 23.0 Å². The molecular formula is C16H19BrF2N2O3. The molecule has 5 nitrogen and oxygen atoms in total. The van der Waals surface area contributed by atoms with E-state index in [9.17, 15) is 13.6 Å². The number of aliphatic imine (C=N–C) groups is 1. The zero-order valence-corrected chi connectivity index (χ0v) is 15.2. The summed E-state index contributed by atoms with van der Waals surface area (Å²) in [5.41, 5.74) is -2.17. The third-order valence-corrected chi connectivity index (χ3v) is 3.72. The van der Waals surface area contributed by atoms with Gasteiger partial charge >= 0.3 is 6.09 Å². The Bertz CT molecular complexity index is 661. The molecule has 1 N–H and O–H groups in total. The standard InChI is InChI=1S/C16H19BrF2N2O3/c1-15(2,3)24-14(22)20-13-7-23-9-16(8-18,21-13)11-6-10(17)4-5-12(11)19/h4-6H,7-9H2,1-3H3,(H,20,21,22). The van der Waals surface area contributed by atoms with Crippen molar-refractivity contribution >= 4 is 27.9 Å². The molecular weight excluding hydrogens is 386 g/mol. The fourth-order valence-corrected chi connectivity index (χ4v) is 2.62. The monoisotopic (exact) mass is 404 g/mol. The van der Waals surface area contributed by atoms with E-state index in [4.69, 9.17) is 9.47 Å². The molecule has 0 bridgehead atoms. The van der Waals surface area contributed by atoms with E-state index in [-0.39, 0.29) is 24.6 Å². The van der Waals surface area contributed by atoms with E-state index in [1.165, 1.54) is 18.2 Å². The van der Waals surface area contributed by atoms with Gasteiger partial charge in [0, 0.05) is 10.0 Å².